The van der Waals surface area contributed by atoms with E-state index < -0.39 is 5.97 Å². The second-order valence-electron chi connectivity index (χ2n) is 5.07. The van der Waals surface area contributed by atoms with E-state index in [0.717, 1.165) is 56.0 Å². The molecule has 0 saturated carbocycles. The van der Waals surface area contributed by atoms with Gasteiger partial charge in [-0.25, -0.2) is 4.98 Å². The first-order valence-electron chi connectivity index (χ1n) is 7.14. The quantitative estimate of drug-likeness (QED) is 0.870. The van der Waals surface area contributed by atoms with Gasteiger partial charge in [-0.3, -0.25) is 4.79 Å². The molecule has 1 heterocycles. The Morgan fingerprint density at radius 2 is 2.11 bits per heavy atom. The van der Waals surface area contributed by atoms with E-state index in [9.17, 15) is 9.90 Å². The molecule has 0 aromatic carbocycles. The molecule has 5 heteroatoms. The number of carbonyl (C=O) groups is 1. The van der Waals surface area contributed by atoms with Crippen molar-refractivity contribution in [2.24, 2.45) is 0 Å². The van der Waals surface area contributed by atoms with Crippen molar-refractivity contribution in [3.05, 3.63) is 10.6 Å². The lowest BCUT2D eigenvalue weighted by Gasteiger charge is -2.20. The molecule has 1 N–H and O–H groups in total. The van der Waals surface area contributed by atoms with E-state index in [1.54, 1.807) is 11.3 Å². The summed E-state index contributed by atoms with van der Waals surface area (Å²) in [4.78, 5) is 19.4. The van der Waals surface area contributed by atoms with Crippen LogP contribution in [0.5, 0.6) is 0 Å². The minimum atomic E-state index is -0.727. The summed E-state index contributed by atoms with van der Waals surface area (Å²) in [5, 5.41) is 10.3. The molecule has 0 saturated heterocycles. The SMILES string of the molecule is CCCN(CCC)c1nc2c(s1)CCCC2C(=O)O. The molecule has 106 valence electrons. The standard InChI is InChI=1S/C14H22N2O2S/c1-3-8-16(9-4-2)14-15-12-10(13(17)18)6-5-7-11(12)19-14/h10H,3-9H2,1-2H3,(H,17,18). The minimum Gasteiger partial charge on any atom is -0.481 e. The van der Waals surface area contributed by atoms with Crippen LogP contribution in [0.3, 0.4) is 0 Å². The summed E-state index contributed by atoms with van der Waals surface area (Å²) >= 11 is 1.70. The number of rotatable bonds is 6. The number of fused-ring (bicyclic) bond motifs is 1. The van der Waals surface area contributed by atoms with Crippen molar-refractivity contribution in [2.45, 2.75) is 51.9 Å². The Kier molecular flexibility index (Phi) is 4.80. The van der Waals surface area contributed by atoms with Gasteiger partial charge in [-0.15, -0.1) is 11.3 Å². The van der Waals surface area contributed by atoms with Crippen molar-refractivity contribution in [3.8, 4) is 0 Å². The fourth-order valence-corrected chi connectivity index (χ4v) is 3.84. The van der Waals surface area contributed by atoms with Gasteiger partial charge in [0.1, 0.15) is 5.92 Å². The van der Waals surface area contributed by atoms with Crippen LogP contribution in [-0.4, -0.2) is 29.1 Å². The maximum Gasteiger partial charge on any atom is 0.312 e. The van der Waals surface area contributed by atoms with Crippen LogP contribution in [0.15, 0.2) is 0 Å². The number of aryl methyl sites for hydroxylation is 1. The van der Waals surface area contributed by atoms with E-state index in [2.05, 4.69) is 23.7 Å². The summed E-state index contributed by atoms with van der Waals surface area (Å²) in [5.41, 5.74) is 0.830. The minimum absolute atomic E-state index is 0.390. The molecule has 2 rings (SSSR count). The summed E-state index contributed by atoms with van der Waals surface area (Å²) in [6.45, 7) is 6.32. The highest BCUT2D eigenvalue weighted by Gasteiger charge is 2.30. The summed E-state index contributed by atoms with van der Waals surface area (Å²) in [6.07, 6.45) is 4.86. The maximum absolute atomic E-state index is 11.3. The maximum atomic E-state index is 11.3. The van der Waals surface area contributed by atoms with Crippen LogP contribution in [0.2, 0.25) is 0 Å². The van der Waals surface area contributed by atoms with Crippen molar-refractivity contribution in [1.29, 1.82) is 0 Å². The Hall–Kier alpha value is -1.10. The van der Waals surface area contributed by atoms with Gasteiger partial charge >= 0.3 is 5.97 Å². The highest BCUT2D eigenvalue weighted by molar-refractivity contribution is 7.15. The zero-order valence-electron chi connectivity index (χ0n) is 11.7. The first-order valence-corrected chi connectivity index (χ1v) is 7.96. The van der Waals surface area contributed by atoms with Gasteiger partial charge in [0.15, 0.2) is 5.13 Å². The highest BCUT2D eigenvalue weighted by Crippen LogP contribution is 2.38. The van der Waals surface area contributed by atoms with Crippen molar-refractivity contribution in [3.63, 3.8) is 0 Å². The van der Waals surface area contributed by atoms with Gasteiger partial charge in [0.05, 0.1) is 5.69 Å². The number of nitrogens with zero attached hydrogens (tertiary/aromatic N) is 2. The van der Waals surface area contributed by atoms with Crippen LogP contribution in [0.1, 0.15) is 56.0 Å². The topological polar surface area (TPSA) is 53.4 Å². The molecule has 0 amide bonds. The second kappa shape index (κ2) is 6.37. The summed E-state index contributed by atoms with van der Waals surface area (Å²) in [7, 11) is 0. The molecule has 1 atom stereocenters. The number of aromatic nitrogens is 1. The Morgan fingerprint density at radius 1 is 1.42 bits per heavy atom. The predicted molar refractivity (Wildman–Crippen MR) is 78.2 cm³/mol. The van der Waals surface area contributed by atoms with E-state index in [-0.39, 0.29) is 5.92 Å². The Bertz CT molecular complexity index is 439. The van der Waals surface area contributed by atoms with Gasteiger partial charge in [0, 0.05) is 18.0 Å². The van der Waals surface area contributed by atoms with Crippen LogP contribution in [-0.2, 0) is 11.2 Å². The van der Waals surface area contributed by atoms with Gasteiger partial charge in [-0.05, 0) is 32.1 Å². The second-order valence-corrected chi connectivity index (χ2v) is 6.14. The number of carboxylic acid groups (broad SMARTS) is 1. The molecule has 1 aromatic heterocycles. The first kappa shape index (κ1) is 14.3. The average molecular weight is 282 g/mol. The number of thiazole rings is 1. The van der Waals surface area contributed by atoms with Crippen LogP contribution in [0.4, 0.5) is 5.13 Å². The van der Waals surface area contributed by atoms with Gasteiger partial charge in [0.2, 0.25) is 0 Å². The zero-order valence-corrected chi connectivity index (χ0v) is 12.5. The molecule has 1 unspecified atom stereocenters. The molecule has 19 heavy (non-hydrogen) atoms. The first-order chi connectivity index (χ1) is 9.17. The van der Waals surface area contributed by atoms with Crippen LogP contribution in [0.25, 0.3) is 0 Å². The third kappa shape index (κ3) is 3.08. The van der Waals surface area contributed by atoms with E-state index in [1.807, 2.05) is 0 Å². The Morgan fingerprint density at radius 3 is 2.68 bits per heavy atom. The number of aliphatic carboxylic acids is 1. The fourth-order valence-electron chi connectivity index (χ4n) is 2.62. The number of anilines is 1. The van der Waals surface area contributed by atoms with Gasteiger partial charge in [-0.2, -0.15) is 0 Å². The van der Waals surface area contributed by atoms with Crippen molar-refractivity contribution < 1.29 is 9.90 Å². The molecule has 0 spiro atoms. The third-order valence-electron chi connectivity index (χ3n) is 3.50. The third-order valence-corrected chi connectivity index (χ3v) is 4.69. The molecule has 1 aromatic rings. The van der Waals surface area contributed by atoms with Crippen molar-refractivity contribution in [1.82, 2.24) is 4.98 Å². The average Bonchev–Trinajstić information content (AvgIpc) is 2.81. The summed E-state index contributed by atoms with van der Waals surface area (Å²) in [6, 6.07) is 0. The lowest BCUT2D eigenvalue weighted by molar-refractivity contribution is -0.139. The van der Waals surface area contributed by atoms with Crippen LogP contribution >= 0.6 is 11.3 Å². The summed E-state index contributed by atoms with van der Waals surface area (Å²) < 4.78 is 0. The number of carboxylic acids is 1. The predicted octanol–water partition coefficient (Wildman–Crippen LogP) is 3.27. The highest BCUT2D eigenvalue weighted by atomic mass is 32.1. The largest absolute Gasteiger partial charge is 0.481 e. The van der Waals surface area contributed by atoms with E-state index in [1.165, 1.54) is 4.88 Å². The molecule has 1 aliphatic carbocycles. The number of hydrogen-bond acceptors (Lipinski definition) is 4. The molecular weight excluding hydrogens is 260 g/mol. The summed E-state index contributed by atoms with van der Waals surface area (Å²) in [5.74, 6) is -1.12. The molecule has 0 radical (unpaired) electrons. The Labute approximate surface area is 118 Å². The van der Waals surface area contributed by atoms with Gasteiger partial charge in [0.25, 0.3) is 0 Å². The monoisotopic (exact) mass is 282 g/mol. The zero-order chi connectivity index (χ0) is 13.8. The normalized spacial score (nSPS) is 18.1. The van der Waals surface area contributed by atoms with Gasteiger partial charge < -0.3 is 10.0 Å². The van der Waals surface area contributed by atoms with Gasteiger partial charge in [-0.1, -0.05) is 13.8 Å². The molecule has 0 aliphatic heterocycles. The van der Waals surface area contributed by atoms with E-state index in [0.29, 0.717) is 0 Å². The molecule has 0 bridgehead atoms. The molecular formula is C14H22N2O2S. The van der Waals surface area contributed by atoms with Crippen molar-refractivity contribution >= 4 is 22.4 Å². The Balaban J connectivity index is 2.26. The lowest BCUT2D eigenvalue weighted by atomic mass is 9.91. The van der Waals surface area contributed by atoms with E-state index in [4.69, 9.17) is 0 Å². The van der Waals surface area contributed by atoms with Crippen LogP contribution in [0, 0.1) is 0 Å². The fraction of sp³-hybridized carbons (Fsp3) is 0.714. The van der Waals surface area contributed by atoms with E-state index >= 15 is 0 Å². The van der Waals surface area contributed by atoms with Crippen LogP contribution < -0.4 is 4.90 Å². The van der Waals surface area contributed by atoms with Crippen molar-refractivity contribution in [2.75, 3.05) is 18.0 Å². The number of hydrogen-bond donors (Lipinski definition) is 1. The molecule has 0 fully saturated rings. The lowest BCUT2D eigenvalue weighted by Crippen LogP contribution is -2.25. The molecule has 1 aliphatic rings. The smallest absolute Gasteiger partial charge is 0.312 e. The molecule has 4 nitrogen and oxygen atoms in total.